The molecule has 16 heavy (non-hydrogen) atoms. The van der Waals surface area contributed by atoms with Crippen molar-refractivity contribution in [3.8, 4) is 12.3 Å². The van der Waals surface area contributed by atoms with E-state index in [1.807, 2.05) is 31.2 Å². The molecule has 1 atom stereocenters. The fourth-order valence-electron chi connectivity index (χ4n) is 1.40. The van der Waals surface area contributed by atoms with Crippen molar-refractivity contribution in [3.05, 3.63) is 29.8 Å². The van der Waals surface area contributed by atoms with Gasteiger partial charge in [-0.25, -0.2) is 0 Å². The van der Waals surface area contributed by atoms with E-state index < -0.39 is 6.04 Å². The Bertz CT molecular complexity index is 407. The van der Waals surface area contributed by atoms with Crippen LogP contribution in [0.3, 0.4) is 0 Å². The van der Waals surface area contributed by atoms with Crippen molar-refractivity contribution in [3.63, 3.8) is 0 Å². The largest absolute Gasteiger partial charge is 0.324 e. The van der Waals surface area contributed by atoms with Crippen molar-refractivity contribution in [2.45, 2.75) is 25.8 Å². The molecule has 0 heterocycles. The Kier molecular flexibility index (Phi) is 4.56. The summed E-state index contributed by atoms with van der Waals surface area (Å²) in [5, 5.41) is 2.79. The second-order valence-corrected chi connectivity index (χ2v) is 3.51. The lowest BCUT2D eigenvalue weighted by Gasteiger charge is -2.12. The summed E-state index contributed by atoms with van der Waals surface area (Å²) >= 11 is 0. The number of nitrogens with two attached hydrogens (primary N) is 1. The van der Waals surface area contributed by atoms with Gasteiger partial charge < -0.3 is 11.1 Å². The van der Waals surface area contributed by atoms with Gasteiger partial charge in [0.15, 0.2) is 0 Å². The van der Waals surface area contributed by atoms with Crippen molar-refractivity contribution >= 4 is 11.6 Å². The van der Waals surface area contributed by atoms with Crippen molar-refractivity contribution < 1.29 is 4.79 Å². The van der Waals surface area contributed by atoms with Gasteiger partial charge in [0.1, 0.15) is 0 Å². The van der Waals surface area contributed by atoms with Crippen molar-refractivity contribution in [1.82, 2.24) is 0 Å². The van der Waals surface area contributed by atoms with Gasteiger partial charge in [0.05, 0.1) is 6.04 Å². The van der Waals surface area contributed by atoms with Crippen molar-refractivity contribution in [2.75, 3.05) is 5.32 Å². The third kappa shape index (κ3) is 3.11. The fourth-order valence-corrected chi connectivity index (χ4v) is 1.40. The minimum atomic E-state index is -0.644. The molecule has 3 nitrogen and oxygen atoms in total. The molecule has 0 bridgehead atoms. The van der Waals surface area contributed by atoms with Crippen LogP contribution < -0.4 is 11.1 Å². The lowest BCUT2D eigenvalue weighted by molar-refractivity contribution is -0.117. The van der Waals surface area contributed by atoms with Crippen LogP contribution in [0, 0.1) is 12.3 Å². The number of benzene rings is 1. The zero-order chi connectivity index (χ0) is 12.0. The lowest BCUT2D eigenvalue weighted by Crippen LogP contribution is -2.35. The minimum absolute atomic E-state index is 0.237. The van der Waals surface area contributed by atoms with Crippen LogP contribution in [-0.2, 0) is 11.2 Å². The normalized spacial score (nSPS) is 11.6. The van der Waals surface area contributed by atoms with Crippen molar-refractivity contribution in [1.29, 1.82) is 0 Å². The first kappa shape index (κ1) is 12.3. The Labute approximate surface area is 96.0 Å². The monoisotopic (exact) mass is 216 g/mol. The maximum Gasteiger partial charge on any atom is 0.242 e. The molecule has 0 aromatic heterocycles. The number of carbonyl (C=O) groups excluding carboxylic acids is 1. The summed E-state index contributed by atoms with van der Waals surface area (Å²) in [5.74, 6) is 2.14. The number of para-hydroxylation sites is 1. The Hall–Kier alpha value is -1.79. The Morgan fingerprint density at radius 3 is 2.88 bits per heavy atom. The molecule has 3 N–H and O–H groups in total. The number of terminal acetylenes is 1. The standard InChI is InChI=1S/C13H16N2O/c1-3-7-11(14)13(16)15-12-9-6-5-8-10(12)4-2/h1,5-6,8-9,11H,4,7,14H2,2H3,(H,15,16). The van der Waals surface area contributed by atoms with Gasteiger partial charge in [-0.2, -0.15) is 0 Å². The first-order valence-corrected chi connectivity index (χ1v) is 5.26. The van der Waals surface area contributed by atoms with Crippen LogP contribution in [0.15, 0.2) is 24.3 Å². The Morgan fingerprint density at radius 2 is 2.25 bits per heavy atom. The number of hydrogen-bond donors (Lipinski definition) is 2. The number of aryl methyl sites for hydroxylation is 1. The van der Waals surface area contributed by atoms with Crippen LogP contribution in [0.5, 0.6) is 0 Å². The maximum atomic E-state index is 11.6. The van der Waals surface area contributed by atoms with Crippen LogP contribution in [0.1, 0.15) is 18.9 Å². The molecule has 0 saturated carbocycles. The van der Waals surface area contributed by atoms with Gasteiger partial charge in [0.25, 0.3) is 0 Å². The van der Waals surface area contributed by atoms with Crippen LogP contribution in [0.25, 0.3) is 0 Å². The molecule has 0 aliphatic carbocycles. The summed E-state index contributed by atoms with van der Waals surface area (Å²) in [4.78, 5) is 11.6. The average Bonchev–Trinajstić information content (AvgIpc) is 2.30. The summed E-state index contributed by atoms with van der Waals surface area (Å²) in [6.45, 7) is 2.03. The molecule has 0 radical (unpaired) electrons. The lowest BCUT2D eigenvalue weighted by atomic mass is 10.1. The zero-order valence-electron chi connectivity index (χ0n) is 9.36. The maximum absolute atomic E-state index is 11.6. The third-order valence-corrected chi connectivity index (χ3v) is 2.33. The van der Waals surface area contributed by atoms with Gasteiger partial charge in [0.2, 0.25) is 5.91 Å². The molecule has 1 amide bonds. The molecule has 0 spiro atoms. The average molecular weight is 216 g/mol. The molecule has 3 heteroatoms. The summed E-state index contributed by atoms with van der Waals surface area (Å²) in [6.07, 6.45) is 6.22. The number of carbonyl (C=O) groups is 1. The van der Waals surface area contributed by atoms with E-state index in [1.54, 1.807) is 0 Å². The van der Waals surface area contributed by atoms with E-state index in [4.69, 9.17) is 12.2 Å². The number of amides is 1. The molecular formula is C13H16N2O. The molecule has 1 aromatic carbocycles. The first-order valence-electron chi connectivity index (χ1n) is 5.26. The van der Waals surface area contributed by atoms with Crippen LogP contribution in [0.4, 0.5) is 5.69 Å². The predicted octanol–water partition coefficient (Wildman–Crippen LogP) is 1.54. The van der Waals surface area contributed by atoms with E-state index >= 15 is 0 Å². The smallest absolute Gasteiger partial charge is 0.242 e. The topological polar surface area (TPSA) is 55.1 Å². The van der Waals surface area contributed by atoms with E-state index in [9.17, 15) is 4.79 Å². The second kappa shape index (κ2) is 5.94. The van der Waals surface area contributed by atoms with Gasteiger partial charge in [-0.1, -0.05) is 25.1 Å². The van der Waals surface area contributed by atoms with E-state index in [1.165, 1.54) is 0 Å². The minimum Gasteiger partial charge on any atom is -0.324 e. The number of nitrogens with one attached hydrogen (secondary N) is 1. The highest BCUT2D eigenvalue weighted by atomic mass is 16.2. The highest BCUT2D eigenvalue weighted by Gasteiger charge is 2.13. The molecule has 0 saturated heterocycles. The highest BCUT2D eigenvalue weighted by molar-refractivity contribution is 5.95. The molecule has 0 aliphatic heterocycles. The summed E-state index contributed by atoms with van der Waals surface area (Å²) in [6, 6.07) is 7.01. The molecule has 1 aromatic rings. The van der Waals surface area contributed by atoms with Crippen molar-refractivity contribution in [2.24, 2.45) is 5.73 Å². The first-order chi connectivity index (χ1) is 7.69. The van der Waals surface area contributed by atoms with Crippen LogP contribution in [-0.4, -0.2) is 11.9 Å². The van der Waals surface area contributed by atoms with E-state index in [-0.39, 0.29) is 12.3 Å². The fraction of sp³-hybridized carbons (Fsp3) is 0.308. The molecule has 0 aliphatic rings. The van der Waals surface area contributed by atoms with E-state index in [0.29, 0.717) is 0 Å². The Morgan fingerprint density at radius 1 is 1.56 bits per heavy atom. The molecule has 1 rings (SSSR count). The predicted molar refractivity (Wildman–Crippen MR) is 65.9 cm³/mol. The summed E-state index contributed by atoms with van der Waals surface area (Å²) < 4.78 is 0. The second-order valence-electron chi connectivity index (χ2n) is 3.51. The Balaban J connectivity index is 2.73. The van der Waals surface area contributed by atoms with E-state index in [2.05, 4.69) is 11.2 Å². The van der Waals surface area contributed by atoms with E-state index in [0.717, 1.165) is 17.7 Å². The van der Waals surface area contributed by atoms with Gasteiger partial charge >= 0.3 is 0 Å². The van der Waals surface area contributed by atoms with Gasteiger partial charge in [0, 0.05) is 12.1 Å². The van der Waals surface area contributed by atoms with Crippen LogP contribution in [0.2, 0.25) is 0 Å². The third-order valence-electron chi connectivity index (χ3n) is 2.33. The van der Waals surface area contributed by atoms with Gasteiger partial charge in [-0.3, -0.25) is 4.79 Å². The molecule has 84 valence electrons. The quantitative estimate of drug-likeness (QED) is 0.750. The van der Waals surface area contributed by atoms with Gasteiger partial charge in [-0.05, 0) is 18.1 Å². The summed E-state index contributed by atoms with van der Waals surface area (Å²) in [5.41, 5.74) is 7.51. The van der Waals surface area contributed by atoms with Crippen LogP contribution >= 0.6 is 0 Å². The molecular weight excluding hydrogens is 200 g/mol. The molecule has 1 unspecified atom stereocenters. The molecule has 0 fully saturated rings. The number of hydrogen-bond acceptors (Lipinski definition) is 2. The SMILES string of the molecule is C#CCC(N)C(=O)Nc1ccccc1CC. The number of anilines is 1. The highest BCUT2D eigenvalue weighted by Crippen LogP contribution is 2.15. The zero-order valence-corrected chi connectivity index (χ0v) is 9.36. The van der Waals surface area contributed by atoms with Gasteiger partial charge in [-0.15, -0.1) is 12.3 Å². The summed E-state index contributed by atoms with van der Waals surface area (Å²) in [7, 11) is 0. The number of rotatable bonds is 4.